The van der Waals surface area contributed by atoms with Gasteiger partial charge in [-0.1, -0.05) is 17.3 Å². The van der Waals surface area contributed by atoms with Crippen LogP contribution in [0, 0.1) is 0 Å². The third-order valence-corrected chi connectivity index (χ3v) is 2.18. The number of carboxylic acids is 1. The van der Waals surface area contributed by atoms with E-state index in [9.17, 15) is 9.59 Å². The lowest BCUT2D eigenvalue weighted by Gasteiger charge is -2.05. The molecule has 7 heteroatoms. The maximum absolute atomic E-state index is 10.8. The highest BCUT2D eigenvalue weighted by atomic mass is 16.5. The van der Waals surface area contributed by atoms with Gasteiger partial charge in [-0.05, 0) is 12.1 Å². The van der Waals surface area contributed by atoms with Gasteiger partial charge in [0.05, 0.1) is 5.69 Å². The van der Waals surface area contributed by atoms with Crippen molar-refractivity contribution in [2.45, 2.75) is 0 Å². The predicted molar refractivity (Wildman–Crippen MR) is 62.1 cm³/mol. The number of urea groups is 1. The molecular formula is C11H9N3O4. The summed E-state index contributed by atoms with van der Waals surface area (Å²) < 4.78 is 4.91. The fourth-order valence-electron chi connectivity index (χ4n) is 1.44. The quantitative estimate of drug-likeness (QED) is 0.759. The fraction of sp³-hybridized carbons (Fsp3) is 0. The van der Waals surface area contributed by atoms with E-state index in [1.807, 2.05) is 0 Å². The van der Waals surface area contributed by atoms with Crippen LogP contribution in [0.3, 0.4) is 0 Å². The van der Waals surface area contributed by atoms with Crippen molar-refractivity contribution >= 4 is 17.7 Å². The van der Waals surface area contributed by atoms with Crippen molar-refractivity contribution < 1.29 is 19.2 Å². The number of nitrogens with zero attached hydrogens (tertiary/aromatic N) is 1. The van der Waals surface area contributed by atoms with E-state index in [-0.39, 0.29) is 11.5 Å². The molecule has 2 aromatic rings. The number of aromatic carboxylic acids is 1. The van der Waals surface area contributed by atoms with Crippen molar-refractivity contribution in [3.05, 3.63) is 36.0 Å². The second-order valence-corrected chi connectivity index (χ2v) is 3.42. The van der Waals surface area contributed by atoms with E-state index in [0.29, 0.717) is 11.3 Å². The molecule has 0 aliphatic rings. The zero-order valence-electron chi connectivity index (χ0n) is 9.08. The van der Waals surface area contributed by atoms with Gasteiger partial charge in [0.1, 0.15) is 0 Å². The molecule has 1 heterocycles. The predicted octanol–water partition coefficient (Wildman–Crippen LogP) is 1.53. The molecular weight excluding hydrogens is 238 g/mol. The van der Waals surface area contributed by atoms with Gasteiger partial charge in [-0.25, -0.2) is 9.59 Å². The number of carbonyl (C=O) groups is 2. The van der Waals surface area contributed by atoms with E-state index >= 15 is 0 Å². The first kappa shape index (κ1) is 11.6. The number of amides is 2. The third kappa shape index (κ3) is 2.29. The molecule has 0 saturated carbocycles. The van der Waals surface area contributed by atoms with E-state index in [1.165, 1.54) is 6.07 Å². The van der Waals surface area contributed by atoms with Crippen molar-refractivity contribution in [3.8, 4) is 11.3 Å². The van der Waals surface area contributed by atoms with Crippen molar-refractivity contribution in [2.75, 3.05) is 5.32 Å². The second-order valence-electron chi connectivity index (χ2n) is 3.42. The monoisotopic (exact) mass is 247 g/mol. The molecule has 0 saturated heterocycles. The summed E-state index contributed by atoms with van der Waals surface area (Å²) in [6.07, 6.45) is 0. The highest BCUT2D eigenvalue weighted by Gasteiger charge is 2.15. The molecule has 1 aromatic carbocycles. The smallest absolute Gasteiger partial charge is 0.358 e. The van der Waals surface area contributed by atoms with Crippen LogP contribution in [-0.4, -0.2) is 22.3 Å². The number of hydrogen-bond donors (Lipinski definition) is 3. The number of nitrogens with two attached hydrogens (primary N) is 1. The molecule has 4 N–H and O–H groups in total. The number of aromatic nitrogens is 1. The molecule has 2 rings (SSSR count). The summed E-state index contributed by atoms with van der Waals surface area (Å²) in [6.45, 7) is 0. The summed E-state index contributed by atoms with van der Waals surface area (Å²) in [4.78, 5) is 21.5. The van der Waals surface area contributed by atoms with Crippen molar-refractivity contribution in [1.29, 1.82) is 0 Å². The second kappa shape index (κ2) is 4.58. The van der Waals surface area contributed by atoms with Crippen LogP contribution < -0.4 is 11.1 Å². The number of primary amides is 1. The average Bonchev–Trinajstić information content (AvgIpc) is 2.78. The Morgan fingerprint density at radius 1 is 1.33 bits per heavy atom. The Bertz CT molecular complexity index is 606. The van der Waals surface area contributed by atoms with E-state index in [2.05, 4.69) is 10.5 Å². The normalized spacial score (nSPS) is 10.0. The lowest BCUT2D eigenvalue weighted by atomic mass is 10.1. The maximum atomic E-state index is 10.8. The number of nitrogens with one attached hydrogen (secondary N) is 1. The molecule has 1 aromatic heterocycles. The van der Waals surface area contributed by atoms with Gasteiger partial charge in [0.15, 0.2) is 11.5 Å². The molecule has 7 nitrogen and oxygen atoms in total. The number of rotatable bonds is 3. The largest absolute Gasteiger partial charge is 0.476 e. The van der Waals surface area contributed by atoms with Crippen LogP contribution in [0.2, 0.25) is 0 Å². The first-order valence-electron chi connectivity index (χ1n) is 4.94. The van der Waals surface area contributed by atoms with Crippen molar-refractivity contribution in [2.24, 2.45) is 5.73 Å². The molecule has 18 heavy (non-hydrogen) atoms. The zero-order chi connectivity index (χ0) is 13.1. The highest BCUT2D eigenvalue weighted by Crippen LogP contribution is 2.28. The Morgan fingerprint density at radius 3 is 2.67 bits per heavy atom. The summed E-state index contributed by atoms with van der Waals surface area (Å²) in [7, 11) is 0. The van der Waals surface area contributed by atoms with Gasteiger partial charge in [-0.15, -0.1) is 0 Å². The minimum Gasteiger partial charge on any atom is -0.476 e. The average molecular weight is 247 g/mol. The number of carbonyl (C=O) groups excluding carboxylic acids is 1. The Morgan fingerprint density at radius 2 is 2.06 bits per heavy atom. The number of benzene rings is 1. The lowest BCUT2D eigenvalue weighted by Crippen LogP contribution is -2.19. The Kier molecular flexibility index (Phi) is 2.96. The van der Waals surface area contributed by atoms with Gasteiger partial charge in [0.25, 0.3) is 0 Å². The van der Waals surface area contributed by atoms with Gasteiger partial charge >= 0.3 is 12.0 Å². The van der Waals surface area contributed by atoms with E-state index in [4.69, 9.17) is 15.4 Å². The Balaban J connectivity index is 2.42. The Hall–Kier alpha value is -2.83. The van der Waals surface area contributed by atoms with Gasteiger partial charge in [0, 0.05) is 11.6 Å². The summed E-state index contributed by atoms with van der Waals surface area (Å²) in [5, 5.41) is 14.6. The number of anilines is 1. The van der Waals surface area contributed by atoms with Crippen LogP contribution in [-0.2, 0) is 0 Å². The molecule has 0 radical (unpaired) electrons. The summed E-state index contributed by atoms with van der Waals surface area (Å²) in [6, 6.07) is 7.22. The number of carboxylic acid groups (broad SMARTS) is 1. The van der Waals surface area contributed by atoms with Crippen LogP contribution >= 0.6 is 0 Å². The SMILES string of the molecule is NC(=O)Nc1ccccc1-c1cc(C(=O)O)no1. The molecule has 0 fully saturated rings. The van der Waals surface area contributed by atoms with Crippen molar-refractivity contribution in [3.63, 3.8) is 0 Å². The highest BCUT2D eigenvalue weighted by molar-refractivity contribution is 5.93. The first-order valence-corrected chi connectivity index (χ1v) is 4.94. The standard InChI is InChI=1S/C11H9N3O4/c12-11(17)13-7-4-2-1-3-6(7)9-5-8(10(15)16)14-18-9/h1-5H,(H,15,16)(H3,12,13,17). The topological polar surface area (TPSA) is 118 Å². The molecule has 0 aliphatic heterocycles. The Labute approximate surface area is 101 Å². The molecule has 0 aliphatic carbocycles. The first-order chi connectivity index (χ1) is 8.58. The minimum absolute atomic E-state index is 0.209. The van der Waals surface area contributed by atoms with Crippen molar-refractivity contribution in [1.82, 2.24) is 5.16 Å². The van der Waals surface area contributed by atoms with Gasteiger partial charge in [-0.3, -0.25) is 0 Å². The summed E-state index contributed by atoms with van der Waals surface area (Å²) >= 11 is 0. The van der Waals surface area contributed by atoms with E-state index < -0.39 is 12.0 Å². The molecule has 0 unspecified atom stereocenters. The molecule has 0 atom stereocenters. The van der Waals surface area contributed by atoms with Gasteiger partial charge in [-0.2, -0.15) is 0 Å². The number of hydrogen-bond acceptors (Lipinski definition) is 4. The van der Waals surface area contributed by atoms with E-state index in [0.717, 1.165) is 0 Å². The molecule has 92 valence electrons. The maximum Gasteiger partial charge on any atom is 0.358 e. The van der Waals surface area contributed by atoms with Gasteiger partial charge in [0.2, 0.25) is 0 Å². The van der Waals surface area contributed by atoms with Crippen LogP contribution in [0.25, 0.3) is 11.3 Å². The van der Waals surface area contributed by atoms with Crippen LogP contribution in [0.4, 0.5) is 10.5 Å². The molecule has 2 amide bonds. The minimum atomic E-state index is -1.19. The lowest BCUT2D eigenvalue weighted by molar-refractivity contribution is 0.0686. The molecule has 0 spiro atoms. The van der Waals surface area contributed by atoms with E-state index in [1.54, 1.807) is 24.3 Å². The molecule has 0 bridgehead atoms. The summed E-state index contributed by atoms with van der Waals surface area (Å²) in [5.41, 5.74) is 5.74. The van der Waals surface area contributed by atoms with Crippen LogP contribution in [0.1, 0.15) is 10.5 Å². The zero-order valence-corrected chi connectivity index (χ0v) is 9.08. The summed E-state index contributed by atoms with van der Waals surface area (Å²) in [5.74, 6) is -0.956. The van der Waals surface area contributed by atoms with Crippen LogP contribution in [0.15, 0.2) is 34.9 Å². The van der Waals surface area contributed by atoms with Crippen LogP contribution in [0.5, 0.6) is 0 Å². The van der Waals surface area contributed by atoms with Gasteiger partial charge < -0.3 is 20.7 Å². The fourth-order valence-corrected chi connectivity index (χ4v) is 1.44. The third-order valence-electron chi connectivity index (χ3n) is 2.18. The number of para-hydroxylation sites is 1.